The van der Waals surface area contributed by atoms with Crippen molar-refractivity contribution in [2.45, 2.75) is 22.8 Å². The van der Waals surface area contributed by atoms with E-state index < -0.39 is 15.7 Å². The molecule has 1 aliphatic rings. The lowest BCUT2D eigenvalue weighted by Gasteiger charge is -2.11. The van der Waals surface area contributed by atoms with Crippen LogP contribution < -0.4 is 5.32 Å². The van der Waals surface area contributed by atoms with E-state index in [1.165, 1.54) is 30.3 Å². The number of nitrogens with one attached hydrogen (secondary N) is 1. The molecule has 0 saturated carbocycles. The van der Waals surface area contributed by atoms with Crippen LogP contribution >= 0.6 is 12.4 Å². The van der Waals surface area contributed by atoms with Crippen LogP contribution in [0.5, 0.6) is 0 Å². The van der Waals surface area contributed by atoms with Gasteiger partial charge in [-0.2, -0.15) is 5.26 Å². The topological polar surface area (TPSA) is 83.1 Å². The molecule has 26 heavy (non-hydrogen) atoms. The maximum absolute atomic E-state index is 13.4. The zero-order valence-corrected chi connectivity index (χ0v) is 15.1. The Morgan fingerprint density at radius 1 is 1.19 bits per heavy atom. The van der Waals surface area contributed by atoms with Gasteiger partial charge in [0.2, 0.25) is 9.84 Å². The van der Waals surface area contributed by atoms with Gasteiger partial charge in [0, 0.05) is 30.5 Å². The summed E-state index contributed by atoms with van der Waals surface area (Å²) in [5.41, 5.74) is 1.42. The highest BCUT2D eigenvalue weighted by Gasteiger charge is 2.25. The van der Waals surface area contributed by atoms with Crippen molar-refractivity contribution in [2.24, 2.45) is 0 Å². The van der Waals surface area contributed by atoms with Crippen molar-refractivity contribution in [3.05, 3.63) is 59.1 Å². The summed E-state index contributed by atoms with van der Waals surface area (Å²) in [5.74, 6) is 0.137. The zero-order chi connectivity index (χ0) is 17.6. The molecule has 3 aromatic rings. The molecule has 0 saturated heterocycles. The van der Waals surface area contributed by atoms with Crippen molar-refractivity contribution in [1.82, 2.24) is 5.32 Å². The standard InChI is InChI=1S/C18H13FN2O3S.ClH/c19-12-2-1-3-13(7-12)25(22,23)14-6-11(9-20)18-15(8-14)16-10-21-5-4-17(16)24-18;/h1-3,6-8,21H,4-5,10H2;1H. The average Bonchev–Trinajstić information content (AvgIpc) is 2.99. The number of nitriles is 1. The van der Waals surface area contributed by atoms with Crippen molar-refractivity contribution in [1.29, 1.82) is 5.26 Å². The zero-order valence-electron chi connectivity index (χ0n) is 13.5. The lowest BCUT2D eigenvalue weighted by molar-refractivity contribution is 0.500. The van der Waals surface area contributed by atoms with Gasteiger partial charge in [0.05, 0.1) is 15.4 Å². The third-order valence-electron chi connectivity index (χ3n) is 4.32. The Bertz CT molecular complexity index is 1150. The van der Waals surface area contributed by atoms with Crippen LogP contribution in [0.4, 0.5) is 4.39 Å². The minimum atomic E-state index is -3.94. The molecule has 1 aliphatic heterocycles. The highest BCUT2D eigenvalue weighted by atomic mass is 35.5. The first kappa shape index (κ1) is 18.4. The predicted molar refractivity (Wildman–Crippen MR) is 95.4 cm³/mol. The van der Waals surface area contributed by atoms with Gasteiger partial charge in [-0.3, -0.25) is 0 Å². The fourth-order valence-corrected chi connectivity index (χ4v) is 4.43. The minimum absolute atomic E-state index is 0. The average molecular weight is 393 g/mol. The van der Waals surface area contributed by atoms with Crippen LogP contribution in [0, 0.1) is 17.1 Å². The molecule has 1 N–H and O–H groups in total. The molecule has 0 amide bonds. The molecule has 1 aromatic heterocycles. The summed E-state index contributed by atoms with van der Waals surface area (Å²) in [6, 6.07) is 9.62. The van der Waals surface area contributed by atoms with E-state index in [9.17, 15) is 18.1 Å². The van der Waals surface area contributed by atoms with E-state index in [0.717, 1.165) is 23.9 Å². The predicted octanol–water partition coefficient (Wildman–Crippen LogP) is 3.34. The number of halogens is 2. The van der Waals surface area contributed by atoms with Crippen molar-refractivity contribution >= 4 is 33.2 Å². The molecule has 4 rings (SSSR count). The number of hydrogen-bond donors (Lipinski definition) is 1. The molecule has 0 radical (unpaired) electrons. The molecule has 8 heteroatoms. The molecule has 0 bridgehead atoms. The summed E-state index contributed by atoms with van der Waals surface area (Å²) in [4.78, 5) is -0.192. The molecule has 0 fully saturated rings. The Morgan fingerprint density at radius 2 is 2.00 bits per heavy atom. The van der Waals surface area contributed by atoms with Gasteiger partial charge in [-0.05, 0) is 30.3 Å². The fraction of sp³-hybridized carbons (Fsp3) is 0.167. The van der Waals surface area contributed by atoms with Crippen LogP contribution in [-0.2, 0) is 22.8 Å². The van der Waals surface area contributed by atoms with Crippen molar-refractivity contribution in [3.63, 3.8) is 0 Å². The van der Waals surface area contributed by atoms with Gasteiger partial charge in [0.25, 0.3) is 0 Å². The fourth-order valence-electron chi connectivity index (χ4n) is 3.09. The van der Waals surface area contributed by atoms with Gasteiger partial charge in [-0.25, -0.2) is 12.8 Å². The second-order valence-electron chi connectivity index (χ2n) is 5.85. The summed E-state index contributed by atoms with van der Waals surface area (Å²) in [7, 11) is -3.94. The third-order valence-corrected chi connectivity index (χ3v) is 6.05. The summed E-state index contributed by atoms with van der Waals surface area (Å²) >= 11 is 0. The van der Waals surface area contributed by atoms with E-state index in [-0.39, 0.29) is 27.8 Å². The molecule has 0 atom stereocenters. The Kier molecular flexibility index (Phi) is 4.76. The first-order valence-electron chi connectivity index (χ1n) is 7.70. The first-order valence-corrected chi connectivity index (χ1v) is 9.19. The number of nitrogens with zero attached hydrogens (tertiary/aromatic N) is 1. The Labute approximate surface area is 155 Å². The van der Waals surface area contributed by atoms with Gasteiger partial charge >= 0.3 is 0 Å². The molecule has 0 aliphatic carbocycles. The Balaban J connectivity index is 0.00000196. The number of furan rings is 1. The molecular formula is C18H14ClFN2O3S. The molecular weight excluding hydrogens is 379 g/mol. The highest BCUT2D eigenvalue weighted by Crippen LogP contribution is 2.34. The van der Waals surface area contributed by atoms with Gasteiger partial charge in [0.1, 0.15) is 17.6 Å². The van der Waals surface area contributed by atoms with Gasteiger partial charge in [0.15, 0.2) is 5.58 Å². The van der Waals surface area contributed by atoms with E-state index in [1.807, 2.05) is 6.07 Å². The van der Waals surface area contributed by atoms with Crippen LogP contribution in [0.25, 0.3) is 11.0 Å². The molecule has 2 aromatic carbocycles. The lowest BCUT2D eigenvalue weighted by atomic mass is 10.0. The van der Waals surface area contributed by atoms with Crippen LogP contribution in [0.15, 0.2) is 50.6 Å². The summed E-state index contributed by atoms with van der Waals surface area (Å²) < 4.78 is 45.0. The van der Waals surface area contributed by atoms with Crippen molar-refractivity contribution in [2.75, 3.05) is 6.54 Å². The number of benzene rings is 2. The number of rotatable bonds is 2. The quantitative estimate of drug-likeness (QED) is 0.723. The smallest absolute Gasteiger partial charge is 0.206 e. The van der Waals surface area contributed by atoms with E-state index >= 15 is 0 Å². The molecule has 0 spiro atoms. The molecule has 0 unspecified atom stereocenters. The van der Waals surface area contributed by atoms with E-state index in [2.05, 4.69) is 5.32 Å². The maximum atomic E-state index is 13.4. The number of hydrogen-bond acceptors (Lipinski definition) is 5. The third kappa shape index (κ3) is 2.86. The van der Waals surface area contributed by atoms with Crippen LogP contribution in [-0.4, -0.2) is 15.0 Å². The van der Waals surface area contributed by atoms with Crippen molar-refractivity contribution < 1.29 is 17.2 Å². The Hall–Kier alpha value is -2.40. The van der Waals surface area contributed by atoms with Crippen LogP contribution in [0.1, 0.15) is 16.9 Å². The lowest BCUT2D eigenvalue weighted by Crippen LogP contribution is -2.22. The van der Waals surface area contributed by atoms with Crippen LogP contribution in [0.3, 0.4) is 0 Å². The normalized spacial score (nSPS) is 13.7. The van der Waals surface area contributed by atoms with Crippen molar-refractivity contribution in [3.8, 4) is 6.07 Å². The summed E-state index contributed by atoms with van der Waals surface area (Å²) in [5, 5.41) is 13.2. The molecule has 5 nitrogen and oxygen atoms in total. The van der Waals surface area contributed by atoms with Crippen LogP contribution in [0.2, 0.25) is 0 Å². The van der Waals surface area contributed by atoms with Gasteiger partial charge in [-0.1, -0.05) is 6.07 Å². The highest BCUT2D eigenvalue weighted by molar-refractivity contribution is 7.91. The first-order chi connectivity index (χ1) is 12.0. The summed E-state index contributed by atoms with van der Waals surface area (Å²) in [6.45, 7) is 1.32. The SMILES string of the molecule is Cl.N#Cc1cc(S(=O)(=O)c2cccc(F)c2)cc2c3c(oc12)CCNC3. The monoisotopic (exact) mass is 392 g/mol. The maximum Gasteiger partial charge on any atom is 0.206 e. The van der Waals surface area contributed by atoms with E-state index in [4.69, 9.17) is 4.42 Å². The number of sulfone groups is 1. The van der Waals surface area contributed by atoms with E-state index in [0.29, 0.717) is 23.9 Å². The molecule has 134 valence electrons. The Morgan fingerprint density at radius 3 is 2.73 bits per heavy atom. The number of fused-ring (bicyclic) bond motifs is 3. The largest absolute Gasteiger partial charge is 0.459 e. The minimum Gasteiger partial charge on any atom is -0.459 e. The second-order valence-corrected chi connectivity index (χ2v) is 7.80. The summed E-state index contributed by atoms with van der Waals surface area (Å²) in [6.07, 6.45) is 0.681. The molecule has 2 heterocycles. The van der Waals surface area contributed by atoms with Gasteiger partial charge in [-0.15, -0.1) is 12.4 Å². The second kappa shape index (κ2) is 6.72. The van der Waals surface area contributed by atoms with Gasteiger partial charge < -0.3 is 9.73 Å². The van der Waals surface area contributed by atoms with E-state index in [1.54, 1.807) is 0 Å².